The first kappa shape index (κ1) is 12.4. The first-order valence-electron chi connectivity index (χ1n) is 5.43. The minimum absolute atomic E-state index is 0.640. The van der Waals surface area contributed by atoms with Crippen LogP contribution in [0.15, 0.2) is 24.3 Å². The average molecular weight is 181 g/mol. The Hall–Kier alpha value is -0.560. The number of unbranched alkanes of at least 4 members (excludes halogenated alkanes) is 5. The molecule has 76 valence electrons. The Morgan fingerprint density at radius 1 is 0.923 bits per heavy atom. The second kappa shape index (κ2) is 11.4. The van der Waals surface area contributed by atoms with Crippen LogP contribution >= 0.6 is 0 Å². The molecule has 0 spiro atoms. The summed E-state index contributed by atoms with van der Waals surface area (Å²) in [6.45, 7) is 2.89. The van der Waals surface area contributed by atoms with E-state index in [-0.39, 0.29) is 0 Å². The van der Waals surface area contributed by atoms with Crippen molar-refractivity contribution in [2.24, 2.45) is 5.73 Å². The Morgan fingerprint density at radius 2 is 1.62 bits per heavy atom. The van der Waals surface area contributed by atoms with E-state index >= 15 is 0 Å². The smallest absolute Gasteiger partial charge is 0.0109 e. The van der Waals surface area contributed by atoms with Gasteiger partial charge in [-0.3, -0.25) is 0 Å². The Balaban J connectivity index is 3.06. The van der Waals surface area contributed by atoms with Crippen molar-refractivity contribution in [1.29, 1.82) is 0 Å². The molecule has 0 rings (SSSR count). The van der Waals surface area contributed by atoms with E-state index in [1.54, 1.807) is 0 Å². The molecule has 0 aliphatic heterocycles. The van der Waals surface area contributed by atoms with E-state index in [0.717, 1.165) is 0 Å². The lowest BCUT2D eigenvalue weighted by Gasteiger charge is -1.95. The lowest BCUT2D eigenvalue weighted by molar-refractivity contribution is 0.637. The van der Waals surface area contributed by atoms with Gasteiger partial charge in [-0.25, -0.2) is 0 Å². The zero-order valence-electron chi connectivity index (χ0n) is 8.84. The van der Waals surface area contributed by atoms with Crippen molar-refractivity contribution in [3.05, 3.63) is 24.3 Å². The van der Waals surface area contributed by atoms with Crippen LogP contribution in [0.4, 0.5) is 0 Å². The van der Waals surface area contributed by atoms with Crippen LogP contribution in [0.2, 0.25) is 0 Å². The fourth-order valence-corrected chi connectivity index (χ4v) is 1.20. The summed E-state index contributed by atoms with van der Waals surface area (Å²) in [6, 6.07) is 0. The van der Waals surface area contributed by atoms with E-state index in [1.807, 2.05) is 12.2 Å². The topological polar surface area (TPSA) is 26.0 Å². The number of nitrogens with two attached hydrogens (primary N) is 1. The van der Waals surface area contributed by atoms with Gasteiger partial charge in [-0.05, 0) is 12.8 Å². The molecule has 0 atom stereocenters. The molecule has 0 aromatic carbocycles. The van der Waals surface area contributed by atoms with E-state index < -0.39 is 0 Å². The normalized spacial score (nSPS) is 11.8. The summed E-state index contributed by atoms with van der Waals surface area (Å²) in [5, 5.41) is 0. The summed E-state index contributed by atoms with van der Waals surface area (Å²) in [5.41, 5.74) is 5.30. The highest BCUT2D eigenvalue weighted by atomic mass is 14.5. The summed E-state index contributed by atoms with van der Waals surface area (Å²) >= 11 is 0. The fraction of sp³-hybridized carbons (Fsp3) is 0.667. The van der Waals surface area contributed by atoms with Crippen molar-refractivity contribution in [1.82, 2.24) is 0 Å². The van der Waals surface area contributed by atoms with Gasteiger partial charge in [0.1, 0.15) is 0 Å². The zero-order valence-corrected chi connectivity index (χ0v) is 8.84. The van der Waals surface area contributed by atoms with Gasteiger partial charge in [-0.15, -0.1) is 0 Å². The Kier molecular flexibility index (Phi) is 10.9. The van der Waals surface area contributed by atoms with Crippen molar-refractivity contribution in [3.8, 4) is 0 Å². The molecule has 0 aromatic heterocycles. The first-order chi connectivity index (χ1) is 6.41. The fourth-order valence-electron chi connectivity index (χ4n) is 1.20. The van der Waals surface area contributed by atoms with Crippen LogP contribution in [0.25, 0.3) is 0 Å². The van der Waals surface area contributed by atoms with Crippen LogP contribution in [0, 0.1) is 0 Å². The highest BCUT2D eigenvalue weighted by molar-refractivity contribution is 5.02. The van der Waals surface area contributed by atoms with Gasteiger partial charge < -0.3 is 5.73 Å². The second-order valence-electron chi connectivity index (χ2n) is 3.29. The molecule has 0 fully saturated rings. The summed E-state index contributed by atoms with van der Waals surface area (Å²) in [7, 11) is 0. The molecule has 2 N–H and O–H groups in total. The summed E-state index contributed by atoms with van der Waals surface area (Å²) in [4.78, 5) is 0. The van der Waals surface area contributed by atoms with E-state index in [1.165, 1.54) is 38.5 Å². The third-order valence-corrected chi connectivity index (χ3v) is 1.99. The lowest BCUT2D eigenvalue weighted by atomic mass is 10.1. The molecule has 0 amide bonds. The predicted octanol–water partition coefficient (Wildman–Crippen LogP) is 3.42. The predicted molar refractivity (Wildman–Crippen MR) is 60.7 cm³/mol. The number of hydrogen-bond donors (Lipinski definition) is 1. The largest absolute Gasteiger partial charge is 0.327 e. The maximum Gasteiger partial charge on any atom is 0.0109 e. The van der Waals surface area contributed by atoms with Gasteiger partial charge >= 0.3 is 0 Å². The standard InChI is InChI=1S/C12H23N/c1-2-3-4-5-6-7-8-9-10-11-12-13/h8-11H,2-7,12-13H2,1H3. The molecule has 0 unspecified atom stereocenters. The molecule has 1 nitrogen and oxygen atoms in total. The summed E-state index contributed by atoms with van der Waals surface area (Å²) in [6.07, 6.45) is 16.3. The van der Waals surface area contributed by atoms with Crippen LogP contribution < -0.4 is 5.73 Å². The molecular weight excluding hydrogens is 158 g/mol. The van der Waals surface area contributed by atoms with Gasteiger partial charge in [0.2, 0.25) is 0 Å². The second-order valence-corrected chi connectivity index (χ2v) is 3.29. The van der Waals surface area contributed by atoms with Gasteiger partial charge in [0.05, 0.1) is 0 Å². The molecule has 0 heterocycles. The summed E-state index contributed by atoms with van der Waals surface area (Å²) in [5.74, 6) is 0. The molecule has 0 aromatic rings. The van der Waals surface area contributed by atoms with Crippen LogP contribution in [-0.4, -0.2) is 6.54 Å². The monoisotopic (exact) mass is 181 g/mol. The Labute approximate surface area is 82.7 Å². The first-order valence-corrected chi connectivity index (χ1v) is 5.43. The third-order valence-electron chi connectivity index (χ3n) is 1.99. The number of rotatable bonds is 8. The van der Waals surface area contributed by atoms with Gasteiger partial charge in [-0.2, -0.15) is 0 Å². The Morgan fingerprint density at radius 3 is 2.31 bits per heavy atom. The molecular formula is C12H23N. The molecule has 0 aliphatic rings. The molecule has 1 heteroatoms. The molecule has 0 saturated heterocycles. The van der Waals surface area contributed by atoms with Crippen LogP contribution in [0.1, 0.15) is 45.4 Å². The average Bonchev–Trinajstić information content (AvgIpc) is 2.16. The van der Waals surface area contributed by atoms with Crippen molar-refractivity contribution in [2.75, 3.05) is 6.54 Å². The number of allylic oxidation sites excluding steroid dienone is 3. The Bertz CT molecular complexity index is 136. The van der Waals surface area contributed by atoms with Crippen molar-refractivity contribution < 1.29 is 0 Å². The van der Waals surface area contributed by atoms with Crippen LogP contribution in [-0.2, 0) is 0 Å². The van der Waals surface area contributed by atoms with Crippen LogP contribution in [0.3, 0.4) is 0 Å². The lowest BCUT2D eigenvalue weighted by Crippen LogP contribution is -1.91. The van der Waals surface area contributed by atoms with Gasteiger partial charge in [-0.1, -0.05) is 56.9 Å². The molecule has 0 saturated carbocycles. The minimum Gasteiger partial charge on any atom is -0.327 e. The number of hydrogen-bond acceptors (Lipinski definition) is 1. The van der Waals surface area contributed by atoms with E-state index in [9.17, 15) is 0 Å². The van der Waals surface area contributed by atoms with Crippen LogP contribution in [0.5, 0.6) is 0 Å². The molecule has 0 radical (unpaired) electrons. The van der Waals surface area contributed by atoms with E-state index in [0.29, 0.717) is 6.54 Å². The SMILES string of the molecule is CCCCCCCC=CC=CCN. The van der Waals surface area contributed by atoms with Crippen molar-refractivity contribution in [3.63, 3.8) is 0 Å². The van der Waals surface area contributed by atoms with Gasteiger partial charge in [0.25, 0.3) is 0 Å². The quantitative estimate of drug-likeness (QED) is 0.450. The molecule has 0 aliphatic carbocycles. The minimum atomic E-state index is 0.640. The van der Waals surface area contributed by atoms with Gasteiger partial charge in [0.15, 0.2) is 0 Å². The highest BCUT2D eigenvalue weighted by Crippen LogP contribution is 2.05. The molecule has 0 bridgehead atoms. The van der Waals surface area contributed by atoms with Crippen molar-refractivity contribution >= 4 is 0 Å². The third kappa shape index (κ3) is 11.4. The maximum absolute atomic E-state index is 5.30. The van der Waals surface area contributed by atoms with Gasteiger partial charge in [0, 0.05) is 6.54 Å². The maximum atomic E-state index is 5.30. The van der Waals surface area contributed by atoms with E-state index in [2.05, 4.69) is 19.1 Å². The van der Waals surface area contributed by atoms with E-state index in [4.69, 9.17) is 5.73 Å². The zero-order chi connectivity index (χ0) is 9.78. The molecule has 13 heavy (non-hydrogen) atoms. The summed E-state index contributed by atoms with van der Waals surface area (Å²) < 4.78 is 0. The highest BCUT2D eigenvalue weighted by Gasteiger charge is 1.85. The van der Waals surface area contributed by atoms with Crippen molar-refractivity contribution in [2.45, 2.75) is 45.4 Å².